The molecule has 1 N–H and O–H groups in total. The predicted octanol–water partition coefficient (Wildman–Crippen LogP) is 4.98. The molecule has 3 saturated carbocycles. The summed E-state index contributed by atoms with van der Waals surface area (Å²) in [6.07, 6.45) is 3.67. The zero-order chi connectivity index (χ0) is 32.4. The summed E-state index contributed by atoms with van der Waals surface area (Å²) in [5.41, 5.74) is -3.43. The van der Waals surface area contributed by atoms with Gasteiger partial charge in [-0.25, -0.2) is 0 Å². The fourth-order valence-corrected chi connectivity index (χ4v) is 8.92. The van der Waals surface area contributed by atoms with Crippen LogP contribution >= 0.6 is 0 Å². The summed E-state index contributed by atoms with van der Waals surface area (Å²) < 4.78 is 32.7. The van der Waals surface area contributed by atoms with E-state index in [1.807, 2.05) is 54.5 Å². The molecule has 6 aliphatic rings. The summed E-state index contributed by atoms with van der Waals surface area (Å²) in [4.78, 5) is 41.8. The first-order valence-electron chi connectivity index (χ1n) is 15.4. The number of carbonyl (C=O) groups is 3. The van der Waals surface area contributed by atoms with E-state index in [0.717, 1.165) is 11.9 Å². The molecule has 4 fully saturated rings. The lowest BCUT2D eigenvalue weighted by atomic mass is 9.44. The van der Waals surface area contributed by atoms with Crippen molar-refractivity contribution in [1.82, 2.24) is 0 Å². The van der Waals surface area contributed by atoms with Crippen molar-refractivity contribution in [2.75, 3.05) is 14.2 Å². The maximum Gasteiger partial charge on any atom is 0.203 e. The normalized spacial score (nSPS) is 37.1. The number of aromatic hydroxyl groups is 1. The molecule has 44 heavy (non-hydrogen) atoms. The van der Waals surface area contributed by atoms with Crippen LogP contribution in [0.15, 0.2) is 23.3 Å². The van der Waals surface area contributed by atoms with Crippen LogP contribution < -0.4 is 9.47 Å². The number of Topliss-reactive ketones (excluding diaryl/α,β-unsaturated/α-hetero) is 2. The van der Waals surface area contributed by atoms with Gasteiger partial charge in [-0.3, -0.25) is 14.4 Å². The Morgan fingerprint density at radius 3 is 2.34 bits per heavy atom. The summed E-state index contributed by atoms with van der Waals surface area (Å²) in [5, 5.41) is 11.9. The van der Waals surface area contributed by atoms with Gasteiger partial charge in [0.1, 0.15) is 41.3 Å². The Labute approximate surface area is 258 Å². The van der Waals surface area contributed by atoms with Crippen LogP contribution in [0.2, 0.25) is 0 Å². The van der Waals surface area contributed by atoms with Gasteiger partial charge < -0.3 is 28.8 Å². The molecule has 0 amide bonds. The summed E-state index contributed by atoms with van der Waals surface area (Å²) in [6.45, 7) is 15.4. The molecule has 3 aliphatic carbocycles. The summed E-state index contributed by atoms with van der Waals surface area (Å²) >= 11 is 0. The molecule has 1 aromatic rings. The molecule has 0 aromatic heterocycles. The number of methoxy groups -OCH3 is 2. The van der Waals surface area contributed by atoms with Gasteiger partial charge in [-0.2, -0.15) is 0 Å². The van der Waals surface area contributed by atoms with Crippen LogP contribution in [0.1, 0.15) is 89.7 Å². The summed E-state index contributed by atoms with van der Waals surface area (Å²) in [5.74, 6) is -1.72. The van der Waals surface area contributed by atoms with Gasteiger partial charge in [-0.1, -0.05) is 31.6 Å². The lowest BCUT2D eigenvalue weighted by Crippen LogP contribution is -2.86. The van der Waals surface area contributed by atoms with Gasteiger partial charge in [0, 0.05) is 43.1 Å². The third-order valence-electron chi connectivity index (χ3n) is 11.4. The van der Waals surface area contributed by atoms with Crippen LogP contribution in [0.3, 0.4) is 0 Å². The first kappa shape index (κ1) is 31.0. The first-order chi connectivity index (χ1) is 20.5. The highest BCUT2D eigenvalue weighted by atomic mass is 16.6. The number of carbonyl (C=O) groups excluding carboxylic acids is 3. The van der Waals surface area contributed by atoms with Crippen LogP contribution in [0.4, 0.5) is 0 Å². The molecule has 7 atom stereocenters. The average molecular weight is 609 g/mol. The van der Waals surface area contributed by atoms with Crippen molar-refractivity contribution in [2.45, 2.75) is 115 Å². The standard InChI is InChI=1S/C35H44O9/c1-17(2)11-12-20-25(37)22-26(38)23-29(40-9)33(41-10)15-21-32(7,8)44-34(30(33)39,14-13-18(3)16-36)35(21,23)43-28(22)24-27(20)42-19(4)31(24,5)6/h11,13,16,19,21,23,29,37H,12,14-15H2,1-10H3/b18-13+/t19-,21+,23-,29-,33-,34+,35+/m0/s1. The van der Waals surface area contributed by atoms with Crippen molar-refractivity contribution in [3.8, 4) is 17.2 Å². The molecule has 4 bridgehead atoms. The predicted molar refractivity (Wildman–Crippen MR) is 162 cm³/mol. The molecular weight excluding hydrogens is 564 g/mol. The molecule has 1 spiro atoms. The fraction of sp³-hybridized carbons (Fsp3) is 0.629. The number of allylic oxidation sites excluding steroid dienone is 3. The molecule has 1 saturated heterocycles. The minimum atomic E-state index is -1.68. The number of benzene rings is 1. The number of hydrogen-bond donors (Lipinski definition) is 1. The monoisotopic (exact) mass is 608 g/mol. The Bertz CT molecular complexity index is 1550. The second kappa shape index (κ2) is 9.50. The van der Waals surface area contributed by atoms with E-state index in [0.29, 0.717) is 28.9 Å². The Kier molecular flexibility index (Phi) is 6.69. The van der Waals surface area contributed by atoms with E-state index >= 15 is 4.79 Å². The van der Waals surface area contributed by atoms with Crippen molar-refractivity contribution in [3.05, 3.63) is 40.0 Å². The second-order valence-corrected chi connectivity index (χ2v) is 14.6. The third-order valence-corrected chi connectivity index (χ3v) is 11.4. The summed E-state index contributed by atoms with van der Waals surface area (Å²) in [6, 6.07) is 0. The minimum Gasteiger partial charge on any atom is -0.507 e. The van der Waals surface area contributed by atoms with Gasteiger partial charge in [0.25, 0.3) is 0 Å². The molecular formula is C35H44O9. The Morgan fingerprint density at radius 2 is 1.75 bits per heavy atom. The molecule has 238 valence electrons. The molecule has 9 heteroatoms. The van der Waals surface area contributed by atoms with Gasteiger partial charge in [-0.05, 0) is 60.0 Å². The van der Waals surface area contributed by atoms with Crippen LogP contribution in [0.5, 0.6) is 17.2 Å². The van der Waals surface area contributed by atoms with Crippen LogP contribution in [-0.4, -0.2) is 71.8 Å². The van der Waals surface area contributed by atoms with Gasteiger partial charge in [0.05, 0.1) is 11.5 Å². The number of ether oxygens (including phenoxy) is 5. The van der Waals surface area contributed by atoms with Crippen molar-refractivity contribution < 1.29 is 43.2 Å². The summed E-state index contributed by atoms with van der Waals surface area (Å²) in [7, 11) is 2.93. The highest BCUT2D eigenvalue weighted by Gasteiger charge is 2.89. The number of rotatable bonds is 7. The van der Waals surface area contributed by atoms with E-state index in [9.17, 15) is 14.7 Å². The topological polar surface area (TPSA) is 118 Å². The molecule has 3 aliphatic heterocycles. The molecule has 0 radical (unpaired) electrons. The second-order valence-electron chi connectivity index (χ2n) is 14.6. The molecule has 1 aromatic carbocycles. The SMILES string of the molecule is CO[C@H]1[C@@H]2C(=O)c3c(O)c(CC=C(C)C)c4c(c3O[C@]23[C@@H]2C[C@@]1(OC)C(=O)[C@@]3(C/C=C(\C)C=O)OC2(C)C)C(C)(C)[C@H](C)O4. The quantitative estimate of drug-likeness (QED) is 0.260. The maximum atomic E-state index is 15.2. The van der Waals surface area contributed by atoms with Crippen LogP contribution in [0, 0.1) is 11.8 Å². The van der Waals surface area contributed by atoms with E-state index in [2.05, 4.69) is 0 Å². The van der Waals surface area contributed by atoms with E-state index in [1.165, 1.54) is 14.2 Å². The first-order valence-corrected chi connectivity index (χ1v) is 15.4. The number of aldehydes is 1. The van der Waals surface area contributed by atoms with E-state index < -0.39 is 45.8 Å². The fourth-order valence-electron chi connectivity index (χ4n) is 8.92. The number of fused-ring (bicyclic) bond motifs is 3. The van der Waals surface area contributed by atoms with Crippen LogP contribution in [0.25, 0.3) is 0 Å². The minimum absolute atomic E-state index is 0.000117. The van der Waals surface area contributed by atoms with E-state index in [4.69, 9.17) is 23.7 Å². The van der Waals surface area contributed by atoms with E-state index in [1.54, 1.807) is 13.0 Å². The maximum absolute atomic E-state index is 15.2. The lowest BCUT2D eigenvalue weighted by Gasteiger charge is -2.65. The molecule has 0 unspecified atom stereocenters. The number of ketones is 2. The zero-order valence-electron chi connectivity index (χ0n) is 27.4. The molecule has 9 nitrogen and oxygen atoms in total. The highest BCUT2D eigenvalue weighted by molar-refractivity contribution is 6.11. The van der Waals surface area contributed by atoms with Crippen molar-refractivity contribution >= 4 is 17.9 Å². The lowest BCUT2D eigenvalue weighted by molar-refractivity contribution is -0.267. The highest BCUT2D eigenvalue weighted by Crippen LogP contribution is 2.72. The number of hydrogen-bond acceptors (Lipinski definition) is 9. The smallest absolute Gasteiger partial charge is 0.203 e. The Morgan fingerprint density at radius 1 is 1.07 bits per heavy atom. The zero-order valence-corrected chi connectivity index (χ0v) is 27.4. The van der Waals surface area contributed by atoms with E-state index in [-0.39, 0.29) is 47.6 Å². The van der Waals surface area contributed by atoms with Crippen molar-refractivity contribution in [2.24, 2.45) is 11.8 Å². The third kappa shape index (κ3) is 3.44. The van der Waals surface area contributed by atoms with Crippen LogP contribution in [-0.2, 0) is 35.6 Å². The average Bonchev–Trinajstić information content (AvgIpc) is 3.28. The molecule has 7 rings (SSSR count). The molecule has 3 heterocycles. The van der Waals surface area contributed by atoms with Gasteiger partial charge in [0.15, 0.2) is 22.6 Å². The Hall–Kier alpha value is -3.01. The van der Waals surface area contributed by atoms with Gasteiger partial charge >= 0.3 is 0 Å². The largest absolute Gasteiger partial charge is 0.507 e. The van der Waals surface area contributed by atoms with Gasteiger partial charge in [-0.15, -0.1) is 0 Å². The Balaban J connectivity index is 1.72. The van der Waals surface area contributed by atoms with Gasteiger partial charge in [0.2, 0.25) is 5.78 Å². The number of phenols is 1. The number of phenolic OH excluding ortho intramolecular Hbond substituents is 1. The van der Waals surface area contributed by atoms with Crippen molar-refractivity contribution in [3.63, 3.8) is 0 Å². The van der Waals surface area contributed by atoms with Crippen molar-refractivity contribution in [1.29, 1.82) is 0 Å².